The van der Waals surface area contributed by atoms with Gasteiger partial charge in [0.25, 0.3) is 0 Å². The SMILES string of the molecule is CC[C@@H](CN1CCOCC1(C)C)N1C(=O)[C@](C)(CC(=O)O)C[C@H](c2cccc(Cl)c2)[C@H]1c1ccc(Cl)cc1. The fourth-order valence-electron chi connectivity index (χ4n) is 6.18. The summed E-state index contributed by atoms with van der Waals surface area (Å²) in [5.74, 6) is -1.24. The summed E-state index contributed by atoms with van der Waals surface area (Å²) in [6.07, 6.45) is 0.905. The smallest absolute Gasteiger partial charge is 0.304 e. The highest BCUT2D eigenvalue weighted by Gasteiger charge is 2.52. The maximum Gasteiger partial charge on any atom is 0.304 e. The Kier molecular flexibility index (Phi) is 8.78. The highest BCUT2D eigenvalue weighted by atomic mass is 35.5. The standard InChI is InChI=1S/C30H38Cl2N2O4/c1-5-24(18-33-13-14-38-19-29(33,2)3)34-27(20-9-11-22(31)12-10-20)25(21-7-6-8-23(32)15-21)16-30(4,28(34)37)17-26(35)36/h6-12,15,24-25,27H,5,13-14,16-19H2,1-4H3,(H,35,36)/t24-,25+,27+,30-/m0/s1. The first-order chi connectivity index (χ1) is 17.9. The van der Waals surface area contributed by atoms with E-state index in [1.807, 2.05) is 53.4 Å². The Hall–Kier alpha value is -2.12. The van der Waals surface area contributed by atoms with Crippen LogP contribution < -0.4 is 0 Å². The predicted octanol–water partition coefficient (Wildman–Crippen LogP) is 6.42. The molecule has 0 radical (unpaired) electrons. The molecule has 0 aromatic heterocycles. The van der Waals surface area contributed by atoms with Gasteiger partial charge < -0.3 is 14.7 Å². The number of aliphatic carboxylic acids is 1. The minimum atomic E-state index is -1.06. The molecule has 1 amide bonds. The van der Waals surface area contributed by atoms with Crippen molar-refractivity contribution in [2.75, 3.05) is 26.3 Å². The number of benzene rings is 2. The third kappa shape index (κ3) is 6.04. The number of morpholine rings is 1. The van der Waals surface area contributed by atoms with Gasteiger partial charge >= 0.3 is 5.97 Å². The lowest BCUT2D eigenvalue weighted by Gasteiger charge is -2.53. The Balaban J connectivity index is 1.86. The lowest BCUT2D eigenvalue weighted by atomic mass is 9.67. The van der Waals surface area contributed by atoms with Crippen molar-refractivity contribution in [3.63, 3.8) is 0 Å². The van der Waals surface area contributed by atoms with E-state index in [0.717, 1.165) is 24.1 Å². The Bertz CT molecular complexity index is 1160. The molecule has 2 aromatic carbocycles. The van der Waals surface area contributed by atoms with Gasteiger partial charge in [-0.3, -0.25) is 14.5 Å². The average Bonchev–Trinajstić information content (AvgIpc) is 2.85. The minimum Gasteiger partial charge on any atom is -0.481 e. The lowest BCUT2D eigenvalue weighted by molar-refractivity contribution is -0.162. The summed E-state index contributed by atoms with van der Waals surface area (Å²) >= 11 is 12.7. The molecule has 206 valence electrons. The lowest BCUT2D eigenvalue weighted by Crippen LogP contribution is -2.61. The number of piperidine rings is 1. The van der Waals surface area contributed by atoms with E-state index in [2.05, 4.69) is 25.7 Å². The Morgan fingerprint density at radius 3 is 2.42 bits per heavy atom. The molecule has 2 aliphatic heterocycles. The summed E-state index contributed by atoms with van der Waals surface area (Å²) in [7, 11) is 0. The van der Waals surface area contributed by atoms with E-state index in [4.69, 9.17) is 27.9 Å². The third-order valence-electron chi connectivity index (χ3n) is 8.24. The molecule has 0 unspecified atom stereocenters. The first kappa shape index (κ1) is 28.9. The number of carboxylic acids is 1. The summed E-state index contributed by atoms with van der Waals surface area (Å²) in [4.78, 5) is 30.9. The molecule has 2 heterocycles. The van der Waals surface area contributed by atoms with Crippen LogP contribution in [0.3, 0.4) is 0 Å². The van der Waals surface area contributed by atoms with Crippen molar-refractivity contribution in [1.29, 1.82) is 0 Å². The van der Waals surface area contributed by atoms with Crippen LogP contribution >= 0.6 is 23.2 Å². The molecule has 0 spiro atoms. The monoisotopic (exact) mass is 560 g/mol. The number of amides is 1. The number of nitrogens with zero attached hydrogens (tertiary/aromatic N) is 2. The second kappa shape index (κ2) is 11.5. The first-order valence-electron chi connectivity index (χ1n) is 13.3. The molecule has 2 aliphatic rings. The average molecular weight is 562 g/mol. The molecule has 0 saturated carbocycles. The zero-order valence-corrected chi connectivity index (χ0v) is 24.1. The molecular formula is C30H38Cl2N2O4. The van der Waals surface area contributed by atoms with E-state index < -0.39 is 11.4 Å². The topological polar surface area (TPSA) is 70.1 Å². The molecule has 0 aliphatic carbocycles. The molecule has 2 fully saturated rings. The highest BCUT2D eigenvalue weighted by Crippen LogP contribution is 2.52. The zero-order valence-electron chi connectivity index (χ0n) is 22.6. The van der Waals surface area contributed by atoms with Gasteiger partial charge in [-0.05, 0) is 62.1 Å². The molecule has 4 atom stereocenters. The number of carbonyl (C=O) groups is 2. The maximum absolute atomic E-state index is 14.4. The molecular weight excluding hydrogens is 523 g/mol. The van der Waals surface area contributed by atoms with Gasteiger partial charge in [-0.1, -0.05) is 61.3 Å². The Morgan fingerprint density at radius 1 is 1.11 bits per heavy atom. The van der Waals surface area contributed by atoms with Crippen LogP contribution in [0.1, 0.15) is 70.0 Å². The summed E-state index contributed by atoms with van der Waals surface area (Å²) in [6, 6.07) is 15.0. The first-order valence-corrected chi connectivity index (χ1v) is 14.1. The van der Waals surface area contributed by atoms with Gasteiger partial charge in [0, 0.05) is 40.6 Å². The zero-order chi connectivity index (χ0) is 27.7. The number of carbonyl (C=O) groups excluding carboxylic acids is 1. The molecule has 2 saturated heterocycles. The normalized spacial score (nSPS) is 26.8. The van der Waals surface area contributed by atoms with E-state index in [-0.39, 0.29) is 35.9 Å². The largest absolute Gasteiger partial charge is 0.481 e. The Labute approximate surface area is 235 Å². The van der Waals surface area contributed by atoms with E-state index in [0.29, 0.717) is 36.2 Å². The van der Waals surface area contributed by atoms with E-state index in [9.17, 15) is 14.7 Å². The van der Waals surface area contributed by atoms with Crippen LogP contribution in [0, 0.1) is 5.41 Å². The van der Waals surface area contributed by atoms with Crippen molar-refractivity contribution in [2.24, 2.45) is 5.41 Å². The van der Waals surface area contributed by atoms with Crippen LogP contribution in [0.25, 0.3) is 0 Å². The van der Waals surface area contributed by atoms with Crippen LogP contribution in [0.2, 0.25) is 10.0 Å². The van der Waals surface area contributed by atoms with Gasteiger partial charge in [-0.25, -0.2) is 0 Å². The fourth-order valence-corrected chi connectivity index (χ4v) is 6.50. The van der Waals surface area contributed by atoms with Crippen LogP contribution in [0.4, 0.5) is 0 Å². The molecule has 8 heteroatoms. The third-order valence-corrected chi connectivity index (χ3v) is 8.73. The number of likely N-dealkylation sites (tertiary alicyclic amines) is 1. The minimum absolute atomic E-state index is 0.115. The maximum atomic E-state index is 14.4. The van der Waals surface area contributed by atoms with Gasteiger partial charge in [0.1, 0.15) is 0 Å². The summed E-state index contributed by atoms with van der Waals surface area (Å²) < 4.78 is 5.75. The molecule has 1 N–H and O–H groups in total. The van der Waals surface area contributed by atoms with Crippen molar-refractivity contribution in [3.05, 3.63) is 69.7 Å². The fraction of sp³-hybridized carbons (Fsp3) is 0.533. The number of carboxylic acid groups (broad SMARTS) is 1. The van der Waals surface area contributed by atoms with Crippen molar-refractivity contribution >= 4 is 35.1 Å². The van der Waals surface area contributed by atoms with Crippen molar-refractivity contribution in [1.82, 2.24) is 9.80 Å². The van der Waals surface area contributed by atoms with Gasteiger partial charge in [-0.15, -0.1) is 0 Å². The van der Waals surface area contributed by atoms with E-state index in [1.165, 1.54) is 0 Å². The molecule has 38 heavy (non-hydrogen) atoms. The number of hydrogen-bond acceptors (Lipinski definition) is 4. The highest BCUT2D eigenvalue weighted by molar-refractivity contribution is 6.30. The van der Waals surface area contributed by atoms with Gasteiger partial charge in [0.15, 0.2) is 0 Å². The molecule has 0 bridgehead atoms. The summed E-state index contributed by atoms with van der Waals surface area (Å²) in [5.41, 5.74) is 0.741. The Morgan fingerprint density at radius 2 is 1.82 bits per heavy atom. The predicted molar refractivity (Wildman–Crippen MR) is 151 cm³/mol. The number of rotatable bonds is 8. The number of ether oxygens (including phenoxy) is 1. The van der Waals surface area contributed by atoms with Gasteiger partial charge in [0.05, 0.1) is 31.1 Å². The van der Waals surface area contributed by atoms with Crippen molar-refractivity contribution in [3.8, 4) is 0 Å². The number of halogens is 2. The van der Waals surface area contributed by atoms with Crippen LogP contribution in [-0.2, 0) is 14.3 Å². The molecule has 4 rings (SSSR count). The van der Waals surface area contributed by atoms with Crippen molar-refractivity contribution in [2.45, 2.75) is 70.5 Å². The number of hydrogen-bond donors (Lipinski definition) is 1. The second-order valence-corrected chi connectivity index (χ2v) is 12.5. The van der Waals surface area contributed by atoms with E-state index >= 15 is 0 Å². The van der Waals surface area contributed by atoms with Gasteiger partial charge in [-0.2, -0.15) is 0 Å². The molecule has 6 nitrogen and oxygen atoms in total. The van der Waals surface area contributed by atoms with Crippen molar-refractivity contribution < 1.29 is 19.4 Å². The van der Waals surface area contributed by atoms with Crippen LogP contribution in [0.15, 0.2) is 48.5 Å². The summed E-state index contributed by atoms with van der Waals surface area (Å²) in [6.45, 7) is 11.0. The van der Waals surface area contributed by atoms with Crippen LogP contribution in [-0.4, -0.2) is 64.7 Å². The summed E-state index contributed by atoms with van der Waals surface area (Å²) in [5, 5.41) is 11.1. The quantitative estimate of drug-likeness (QED) is 0.403. The molecule has 2 aromatic rings. The van der Waals surface area contributed by atoms with Crippen LogP contribution in [0.5, 0.6) is 0 Å². The van der Waals surface area contributed by atoms with Gasteiger partial charge in [0.2, 0.25) is 5.91 Å². The second-order valence-electron chi connectivity index (χ2n) is 11.6. The van der Waals surface area contributed by atoms with E-state index in [1.54, 1.807) is 6.92 Å².